The minimum absolute atomic E-state index is 0.190. The fourth-order valence-electron chi connectivity index (χ4n) is 1.08. The molecule has 0 fully saturated rings. The topological polar surface area (TPSA) is 71.8 Å². The van der Waals surface area contributed by atoms with Crippen LogP contribution in [0.4, 0.5) is 4.39 Å². The standard InChI is InChI=1S/C10H9FN4OS/c11-7-4-14-9(15-5-7)8(16)6-17-10-12-2-1-3-13-10/h1-5,8,16H,6H2. The molecule has 0 saturated carbocycles. The minimum Gasteiger partial charge on any atom is -0.384 e. The second-order valence-corrected chi connectivity index (χ2v) is 4.10. The van der Waals surface area contributed by atoms with Crippen molar-refractivity contribution >= 4 is 11.8 Å². The number of aliphatic hydroxyl groups is 1. The van der Waals surface area contributed by atoms with Crippen LogP contribution in [0.3, 0.4) is 0 Å². The molecule has 0 bridgehead atoms. The van der Waals surface area contributed by atoms with E-state index >= 15 is 0 Å². The summed E-state index contributed by atoms with van der Waals surface area (Å²) in [6, 6.07) is 1.71. The van der Waals surface area contributed by atoms with Crippen LogP contribution in [0.5, 0.6) is 0 Å². The van der Waals surface area contributed by atoms with Gasteiger partial charge in [0.25, 0.3) is 0 Å². The first-order valence-corrected chi connectivity index (χ1v) is 5.79. The fraction of sp³-hybridized carbons (Fsp3) is 0.200. The summed E-state index contributed by atoms with van der Waals surface area (Å²) in [6.45, 7) is 0. The number of hydrogen-bond acceptors (Lipinski definition) is 6. The van der Waals surface area contributed by atoms with E-state index in [2.05, 4.69) is 19.9 Å². The molecule has 0 radical (unpaired) electrons. The van der Waals surface area contributed by atoms with Crippen LogP contribution in [0, 0.1) is 5.82 Å². The van der Waals surface area contributed by atoms with Gasteiger partial charge in [0.05, 0.1) is 12.4 Å². The molecular weight excluding hydrogens is 243 g/mol. The van der Waals surface area contributed by atoms with Crippen LogP contribution in [-0.2, 0) is 0 Å². The average molecular weight is 252 g/mol. The Labute approximate surface area is 101 Å². The predicted octanol–water partition coefficient (Wildman–Crippen LogP) is 1.23. The third kappa shape index (κ3) is 3.43. The van der Waals surface area contributed by atoms with Gasteiger partial charge in [0.2, 0.25) is 0 Å². The largest absolute Gasteiger partial charge is 0.384 e. The molecule has 2 rings (SSSR count). The van der Waals surface area contributed by atoms with E-state index < -0.39 is 11.9 Å². The van der Waals surface area contributed by atoms with Crippen LogP contribution < -0.4 is 0 Å². The fourth-order valence-corrected chi connectivity index (χ4v) is 1.81. The van der Waals surface area contributed by atoms with Gasteiger partial charge in [0.1, 0.15) is 6.10 Å². The van der Waals surface area contributed by atoms with E-state index in [9.17, 15) is 9.50 Å². The van der Waals surface area contributed by atoms with Crippen LogP contribution >= 0.6 is 11.8 Å². The van der Waals surface area contributed by atoms with E-state index in [1.54, 1.807) is 18.5 Å². The molecule has 5 nitrogen and oxygen atoms in total. The summed E-state index contributed by atoms with van der Waals surface area (Å²) in [6.07, 6.45) is 4.42. The van der Waals surface area contributed by atoms with Crippen molar-refractivity contribution in [1.29, 1.82) is 0 Å². The summed E-state index contributed by atoms with van der Waals surface area (Å²) >= 11 is 1.28. The van der Waals surface area contributed by atoms with Crippen molar-refractivity contribution in [2.45, 2.75) is 11.3 Å². The Morgan fingerprint density at radius 2 is 1.82 bits per heavy atom. The zero-order valence-corrected chi connectivity index (χ0v) is 9.51. The molecule has 0 aliphatic heterocycles. The number of aromatic nitrogens is 4. The van der Waals surface area contributed by atoms with Crippen molar-refractivity contribution in [2.24, 2.45) is 0 Å². The van der Waals surface area contributed by atoms with E-state index in [0.717, 1.165) is 12.4 Å². The molecule has 2 heterocycles. The minimum atomic E-state index is -0.871. The van der Waals surface area contributed by atoms with Gasteiger partial charge in [-0.2, -0.15) is 0 Å². The Kier molecular flexibility index (Phi) is 3.94. The molecule has 0 saturated heterocycles. The average Bonchev–Trinajstić information content (AvgIpc) is 2.38. The lowest BCUT2D eigenvalue weighted by atomic mass is 10.4. The normalized spacial score (nSPS) is 12.4. The molecule has 1 atom stereocenters. The number of aliphatic hydroxyl groups excluding tert-OH is 1. The summed E-state index contributed by atoms with van der Waals surface area (Å²) in [5.74, 6) is -0.0230. The van der Waals surface area contributed by atoms with Gasteiger partial charge < -0.3 is 5.11 Å². The molecule has 1 unspecified atom stereocenters. The van der Waals surface area contributed by atoms with E-state index in [4.69, 9.17) is 0 Å². The Bertz CT molecular complexity index is 467. The molecule has 2 aromatic heterocycles. The highest BCUT2D eigenvalue weighted by molar-refractivity contribution is 7.99. The maximum absolute atomic E-state index is 12.6. The molecule has 88 valence electrons. The van der Waals surface area contributed by atoms with Crippen LogP contribution in [-0.4, -0.2) is 30.8 Å². The lowest BCUT2D eigenvalue weighted by molar-refractivity contribution is 0.193. The molecule has 1 N–H and O–H groups in total. The van der Waals surface area contributed by atoms with Gasteiger partial charge in [-0.1, -0.05) is 11.8 Å². The van der Waals surface area contributed by atoms with Gasteiger partial charge >= 0.3 is 0 Å². The summed E-state index contributed by atoms with van der Waals surface area (Å²) in [5.41, 5.74) is 0. The van der Waals surface area contributed by atoms with Gasteiger partial charge in [-0.3, -0.25) is 0 Å². The SMILES string of the molecule is OC(CSc1ncccn1)c1ncc(F)cn1. The van der Waals surface area contributed by atoms with Gasteiger partial charge in [-0.15, -0.1) is 0 Å². The summed E-state index contributed by atoms with van der Waals surface area (Å²) in [4.78, 5) is 15.4. The first-order chi connectivity index (χ1) is 8.25. The highest BCUT2D eigenvalue weighted by atomic mass is 32.2. The highest BCUT2D eigenvalue weighted by Gasteiger charge is 2.12. The smallest absolute Gasteiger partial charge is 0.187 e. The van der Waals surface area contributed by atoms with Crippen molar-refractivity contribution in [3.05, 3.63) is 42.5 Å². The number of halogens is 1. The van der Waals surface area contributed by atoms with Gasteiger partial charge in [0, 0.05) is 18.1 Å². The molecular formula is C10H9FN4OS. The molecule has 0 aliphatic rings. The van der Waals surface area contributed by atoms with Crippen LogP contribution in [0.25, 0.3) is 0 Å². The Morgan fingerprint density at radius 3 is 2.47 bits per heavy atom. The highest BCUT2D eigenvalue weighted by Crippen LogP contribution is 2.19. The van der Waals surface area contributed by atoms with Gasteiger partial charge in [-0.25, -0.2) is 24.3 Å². The third-order valence-electron chi connectivity index (χ3n) is 1.85. The molecule has 2 aromatic rings. The summed E-state index contributed by atoms with van der Waals surface area (Å²) < 4.78 is 12.6. The van der Waals surface area contributed by atoms with Crippen molar-refractivity contribution in [2.75, 3.05) is 5.75 Å². The van der Waals surface area contributed by atoms with Crippen LogP contribution in [0.2, 0.25) is 0 Å². The van der Waals surface area contributed by atoms with E-state index in [0.29, 0.717) is 10.9 Å². The third-order valence-corrected chi connectivity index (χ3v) is 2.80. The number of hydrogen-bond donors (Lipinski definition) is 1. The molecule has 0 aliphatic carbocycles. The molecule has 0 spiro atoms. The van der Waals surface area contributed by atoms with Crippen molar-refractivity contribution in [3.8, 4) is 0 Å². The van der Waals surface area contributed by atoms with Crippen LogP contribution in [0.1, 0.15) is 11.9 Å². The number of nitrogens with zero attached hydrogens (tertiary/aromatic N) is 4. The first-order valence-electron chi connectivity index (χ1n) is 4.81. The molecule has 17 heavy (non-hydrogen) atoms. The zero-order valence-electron chi connectivity index (χ0n) is 8.69. The predicted molar refractivity (Wildman–Crippen MR) is 59.7 cm³/mol. The zero-order chi connectivity index (χ0) is 12.1. The molecule has 0 amide bonds. The second kappa shape index (κ2) is 5.65. The van der Waals surface area contributed by atoms with Gasteiger partial charge in [0.15, 0.2) is 16.8 Å². The molecule has 0 aromatic carbocycles. The lowest BCUT2D eigenvalue weighted by Gasteiger charge is -2.07. The lowest BCUT2D eigenvalue weighted by Crippen LogP contribution is -2.06. The van der Waals surface area contributed by atoms with Gasteiger partial charge in [-0.05, 0) is 6.07 Å². The maximum atomic E-state index is 12.6. The maximum Gasteiger partial charge on any atom is 0.187 e. The van der Waals surface area contributed by atoms with Crippen molar-refractivity contribution < 1.29 is 9.50 Å². The Hall–Kier alpha value is -1.60. The number of rotatable bonds is 4. The molecule has 7 heteroatoms. The van der Waals surface area contributed by atoms with E-state index in [-0.39, 0.29) is 5.82 Å². The first kappa shape index (κ1) is 11.9. The van der Waals surface area contributed by atoms with Crippen molar-refractivity contribution in [1.82, 2.24) is 19.9 Å². The Morgan fingerprint density at radius 1 is 1.18 bits per heavy atom. The Balaban J connectivity index is 1.93. The van der Waals surface area contributed by atoms with E-state index in [1.165, 1.54) is 11.8 Å². The van der Waals surface area contributed by atoms with Crippen LogP contribution in [0.15, 0.2) is 36.0 Å². The van der Waals surface area contributed by atoms with E-state index in [1.807, 2.05) is 0 Å². The number of thioether (sulfide) groups is 1. The second-order valence-electron chi connectivity index (χ2n) is 3.12. The quantitative estimate of drug-likeness (QED) is 0.652. The van der Waals surface area contributed by atoms with Crippen molar-refractivity contribution in [3.63, 3.8) is 0 Å². The summed E-state index contributed by atoms with van der Waals surface area (Å²) in [7, 11) is 0. The summed E-state index contributed by atoms with van der Waals surface area (Å²) in [5, 5.41) is 10.3. The monoisotopic (exact) mass is 252 g/mol.